The highest BCUT2D eigenvalue weighted by molar-refractivity contribution is 5.31. The summed E-state index contributed by atoms with van der Waals surface area (Å²) in [5.74, 6) is 1.67. The fourth-order valence-corrected chi connectivity index (χ4v) is 1.82. The average molecular weight is 275 g/mol. The summed E-state index contributed by atoms with van der Waals surface area (Å²) >= 11 is 0. The van der Waals surface area contributed by atoms with Gasteiger partial charge in [-0.2, -0.15) is 5.10 Å². The zero-order valence-corrected chi connectivity index (χ0v) is 12.0. The van der Waals surface area contributed by atoms with E-state index in [1.165, 1.54) is 5.56 Å². The summed E-state index contributed by atoms with van der Waals surface area (Å²) in [7, 11) is 1.65. The lowest BCUT2D eigenvalue weighted by atomic mass is 10.3. The number of nitrogens with one attached hydrogen (secondary N) is 1. The zero-order chi connectivity index (χ0) is 14.2. The van der Waals surface area contributed by atoms with E-state index in [1.54, 1.807) is 7.11 Å². The van der Waals surface area contributed by atoms with E-state index in [-0.39, 0.29) is 0 Å². The third kappa shape index (κ3) is 4.28. The second kappa shape index (κ2) is 7.55. The van der Waals surface area contributed by atoms with Crippen LogP contribution < -0.4 is 14.8 Å². The van der Waals surface area contributed by atoms with Gasteiger partial charge in [0, 0.05) is 18.3 Å². The smallest absolute Gasteiger partial charge is 0.119 e. The molecule has 2 rings (SSSR count). The SMILES string of the molecule is CCNCc1cnn(CCOc2ccc(OC)cc2)c1. The van der Waals surface area contributed by atoms with Crippen LogP contribution in [0.2, 0.25) is 0 Å². The largest absolute Gasteiger partial charge is 0.497 e. The fourth-order valence-electron chi connectivity index (χ4n) is 1.82. The minimum atomic E-state index is 0.592. The molecule has 2 aromatic rings. The molecule has 5 nitrogen and oxygen atoms in total. The molecule has 0 atom stereocenters. The van der Waals surface area contributed by atoms with Gasteiger partial charge in [0.25, 0.3) is 0 Å². The highest BCUT2D eigenvalue weighted by Gasteiger charge is 1.99. The standard InChI is InChI=1S/C15H21N3O2/c1-3-16-10-13-11-17-18(12-13)8-9-20-15-6-4-14(19-2)5-7-15/h4-7,11-12,16H,3,8-10H2,1-2H3. The van der Waals surface area contributed by atoms with Gasteiger partial charge in [-0.3, -0.25) is 4.68 Å². The average Bonchev–Trinajstić information content (AvgIpc) is 2.94. The molecule has 5 heteroatoms. The molecule has 0 saturated heterocycles. The predicted octanol–water partition coefficient (Wildman–Crippen LogP) is 2.08. The molecule has 1 aromatic heterocycles. The molecule has 0 aliphatic rings. The van der Waals surface area contributed by atoms with E-state index in [0.717, 1.165) is 31.1 Å². The van der Waals surface area contributed by atoms with Crippen molar-refractivity contribution >= 4 is 0 Å². The summed E-state index contributed by atoms with van der Waals surface area (Å²) in [4.78, 5) is 0. The molecule has 1 aromatic carbocycles. The van der Waals surface area contributed by atoms with Crippen molar-refractivity contribution in [3.8, 4) is 11.5 Å². The van der Waals surface area contributed by atoms with Crippen LogP contribution >= 0.6 is 0 Å². The highest BCUT2D eigenvalue weighted by Crippen LogP contribution is 2.16. The van der Waals surface area contributed by atoms with Gasteiger partial charge in [0.15, 0.2) is 0 Å². The topological polar surface area (TPSA) is 48.3 Å². The van der Waals surface area contributed by atoms with Gasteiger partial charge in [-0.05, 0) is 30.8 Å². The Morgan fingerprint density at radius 3 is 2.65 bits per heavy atom. The molecule has 0 saturated carbocycles. The van der Waals surface area contributed by atoms with Crippen LogP contribution in [0.5, 0.6) is 11.5 Å². The summed E-state index contributed by atoms with van der Waals surface area (Å²) in [6.45, 7) is 5.24. The Bertz CT molecular complexity index is 508. The lowest BCUT2D eigenvalue weighted by Gasteiger charge is -2.07. The number of ether oxygens (including phenoxy) is 2. The van der Waals surface area contributed by atoms with E-state index in [4.69, 9.17) is 9.47 Å². The number of benzene rings is 1. The molecule has 0 bridgehead atoms. The molecule has 20 heavy (non-hydrogen) atoms. The van der Waals surface area contributed by atoms with Crippen molar-refractivity contribution in [3.05, 3.63) is 42.2 Å². The van der Waals surface area contributed by atoms with Crippen molar-refractivity contribution in [3.63, 3.8) is 0 Å². The predicted molar refractivity (Wildman–Crippen MR) is 78.1 cm³/mol. The fraction of sp³-hybridized carbons (Fsp3) is 0.400. The monoisotopic (exact) mass is 275 g/mol. The van der Waals surface area contributed by atoms with E-state index in [1.807, 2.05) is 41.3 Å². The van der Waals surface area contributed by atoms with Crippen LogP contribution in [0.3, 0.4) is 0 Å². The Labute approximate surface area is 119 Å². The van der Waals surface area contributed by atoms with Gasteiger partial charge >= 0.3 is 0 Å². The lowest BCUT2D eigenvalue weighted by molar-refractivity contribution is 0.290. The number of nitrogens with zero attached hydrogens (tertiary/aromatic N) is 2. The van der Waals surface area contributed by atoms with Gasteiger partial charge in [-0.25, -0.2) is 0 Å². The van der Waals surface area contributed by atoms with Crippen LogP contribution in [-0.2, 0) is 13.1 Å². The Morgan fingerprint density at radius 2 is 1.95 bits per heavy atom. The maximum atomic E-state index is 5.67. The van der Waals surface area contributed by atoms with Gasteiger partial charge in [0.2, 0.25) is 0 Å². The highest BCUT2D eigenvalue weighted by atomic mass is 16.5. The van der Waals surface area contributed by atoms with Gasteiger partial charge in [-0.1, -0.05) is 6.92 Å². The van der Waals surface area contributed by atoms with E-state index >= 15 is 0 Å². The van der Waals surface area contributed by atoms with Gasteiger partial charge in [0.05, 0.1) is 19.9 Å². The molecule has 1 heterocycles. The van der Waals surface area contributed by atoms with Gasteiger partial charge in [0.1, 0.15) is 18.1 Å². The summed E-state index contributed by atoms with van der Waals surface area (Å²) < 4.78 is 12.7. The Morgan fingerprint density at radius 1 is 1.20 bits per heavy atom. The molecular weight excluding hydrogens is 254 g/mol. The molecule has 0 radical (unpaired) electrons. The number of hydrogen-bond donors (Lipinski definition) is 1. The number of rotatable bonds is 8. The van der Waals surface area contributed by atoms with Gasteiger partial charge < -0.3 is 14.8 Å². The Kier molecular flexibility index (Phi) is 5.43. The first kappa shape index (κ1) is 14.4. The minimum absolute atomic E-state index is 0.592. The first-order valence-electron chi connectivity index (χ1n) is 6.80. The third-order valence-corrected chi connectivity index (χ3v) is 2.91. The lowest BCUT2D eigenvalue weighted by Crippen LogP contribution is -2.11. The van der Waals surface area contributed by atoms with Crippen molar-refractivity contribution in [2.75, 3.05) is 20.3 Å². The van der Waals surface area contributed by atoms with Crippen LogP contribution in [-0.4, -0.2) is 30.0 Å². The number of aromatic nitrogens is 2. The van der Waals surface area contributed by atoms with Crippen LogP contribution in [0.25, 0.3) is 0 Å². The molecule has 0 aliphatic carbocycles. The summed E-state index contributed by atoms with van der Waals surface area (Å²) in [5.41, 5.74) is 1.19. The second-order valence-corrected chi connectivity index (χ2v) is 4.42. The van der Waals surface area contributed by atoms with E-state index < -0.39 is 0 Å². The number of hydrogen-bond acceptors (Lipinski definition) is 4. The minimum Gasteiger partial charge on any atom is -0.497 e. The van der Waals surface area contributed by atoms with Gasteiger partial charge in [-0.15, -0.1) is 0 Å². The third-order valence-electron chi connectivity index (χ3n) is 2.91. The maximum Gasteiger partial charge on any atom is 0.119 e. The van der Waals surface area contributed by atoms with Crippen molar-refractivity contribution < 1.29 is 9.47 Å². The normalized spacial score (nSPS) is 10.5. The van der Waals surface area contributed by atoms with Crippen molar-refractivity contribution in [1.29, 1.82) is 0 Å². The molecule has 0 fully saturated rings. The molecule has 108 valence electrons. The maximum absolute atomic E-state index is 5.67. The van der Waals surface area contributed by atoms with E-state index in [2.05, 4.69) is 17.3 Å². The molecule has 1 N–H and O–H groups in total. The summed E-state index contributed by atoms with van der Waals surface area (Å²) in [5, 5.41) is 7.58. The quantitative estimate of drug-likeness (QED) is 0.801. The molecule has 0 aliphatic heterocycles. The summed E-state index contributed by atoms with van der Waals surface area (Å²) in [6.07, 6.45) is 3.93. The first-order valence-corrected chi connectivity index (χ1v) is 6.80. The van der Waals surface area contributed by atoms with E-state index in [0.29, 0.717) is 6.61 Å². The number of methoxy groups -OCH3 is 1. The van der Waals surface area contributed by atoms with Crippen LogP contribution in [0.4, 0.5) is 0 Å². The van der Waals surface area contributed by atoms with Crippen molar-refractivity contribution in [1.82, 2.24) is 15.1 Å². The van der Waals surface area contributed by atoms with Crippen molar-refractivity contribution in [2.24, 2.45) is 0 Å². The van der Waals surface area contributed by atoms with E-state index in [9.17, 15) is 0 Å². The Hall–Kier alpha value is -2.01. The van der Waals surface area contributed by atoms with Crippen LogP contribution in [0, 0.1) is 0 Å². The van der Waals surface area contributed by atoms with Crippen LogP contribution in [0.15, 0.2) is 36.7 Å². The molecule has 0 spiro atoms. The van der Waals surface area contributed by atoms with Crippen LogP contribution in [0.1, 0.15) is 12.5 Å². The molecule has 0 amide bonds. The zero-order valence-electron chi connectivity index (χ0n) is 12.0. The van der Waals surface area contributed by atoms with Crippen molar-refractivity contribution in [2.45, 2.75) is 20.0 Å². The first-order chi connectivity index (χ1) is 9.81. The second-order valence-electron chi connectivity index (χ2n) is 4.42. The molecule has 0 unspecified atom stereocenters. The Balaban J connectivity index is 1.75. The molecular formula is C15H21N3O2. The summed E-state index contributed by atoms with van der Waals surface area (Å²) in [6, 6.07) is 7.58.